The Balaban J connectivity index is 1.42. The summed E-state index contributed by atoms with van der Waals surface area (Å²) in [6.07, 6.45) is 1.90. The Morgan fingerprint density at radius 1 is 1.24 bits per heavy atom. The van der Waals surface area contributed by atoms with Crippen molar-refractivity contribution in [1.82, 2.24) is 19.7 Å². The molecule has 7 heteroatoms. The van der Waals surface area contributed by atoms with Crippen LogP contribution >= 0.6 is 11.3 Å². The first-order valence-electron chi connectivity index (χ1n) is 8.45. The van der Waals surface area contributed by atoms with Crippen molar-refractivity contribution in [2.24, 2.45) is 7.05 Å². The summed E-state index contributed by atoms with van der Waals surface area (Å²) in [5.41, 5.74) is 1.06. The van der Waals surface area contributed by atoms with Gasteiger partial charge in [-0.1, -0.05) is 18.2 Å². The minimum Gasteiger partial charge on any atom is -0.489 e. The lowest BCUT2D eigenvalue weighted by atomic mass is 10.3. The number of anilines is 1. The lowest BCUT2D eigenvalue weighted by molar-refractivity contribution is 0.225. The van der Waals surface area contributed by atoms with Gasteiger partial charge in [0.2, 0.25) is 5.95 Å². The molecule has 0 unspecified atom stereocenters. The van der Waals surface area contributed by atoms with Crippen molar-refractivity contribution in [3.63, 3.8) is 0 Å². The molecule has 4 rings (SSSR count). The summed E-state index contributed by atoms with van der Waals surface area (Å²) in [6.45, 7) is 3.77. The average Bonchev–Trinajstić information content (AvgIpc) is 3.31. The van der Waals surface area contributed by atoms with Gasteiger partial charge in [-0.3, -0.25) is 0 Å². The van der Waals surface area contributed by atoms with Crippen LogP contribution in [0.1, 0.15) is 22.9 Å². The molecule has 6 nitrogen and oxygen atoms in total. The molecule has 0 N–H and O–H groups in total. The summed E-state index contributed by atoms with van der Waals surface area (Å²) >= 11 is 1.67. The molecule has 1 aliphatic rings. The Hall–Kier alpha value is -2.41. The van der Waals surface area contributed by atoms with Gasteiger partial charge in [0.15, 0.2) is 0 Å². The number of nitrogens with zero attached hydrogens (tertiary/aromatic N) is 5. The zero-order valence-electron chi connectivity index (χ0n) is 14.4. The average molecular weight is 355 g/mol. The molecule has 1 atom stereocenters. The maximum Gasteiger partial charge on any atom is 0.227 e. The van der Waals surface area contributed by atoms with Crippen molar-refractivity contribution < 1.29 is 4.74 Å². The van der Waals surface area contributed by atoms with Gasteiger partial charge < -0.3 is 14.2 Å². The molecule has 2 aromatic heterocycles. The lowest BCUT2D eigenvalue weighted by Gasteiger charge is -2.17. The zero-order chi connectivity index (χ0) is 17.2. The van der Waals surface area contributed by atoms with Crippen molar-refractivity contribution in [3.8, 4) is 5.75 Å². The highest BCUT2D eigenvalue weighted by molar-refractivity contribution is 7.09. The van der Waals surface area contributed by atoms with E-state index in [0.717, 1.165) is 54.2 Å². The van der Waals surface area contributed by atoms with Crippen LogP contribution in [0.2, 0.25) is 0 Å². The molecule has 0 radical (unpaired) electrons. The van der Waals surface area contributed by atoms with Crippen molar-refractivity contribution >= 4 is 17.3 Å². The van der Waals surface area contributed by atoms with Gasteiger partial charge >= 0.3 is 0 Å². The third kappa shape index (κ3) is 3.51. The number of benzene rings is 1. The second-order valence-electron chi connectivity index (χ2n) is 6.32. The van der Waals surface area contributed by atoms with E-state index < -0.39 is 0 Å². The summed E-state index contributed by atoms with van der Waals surface area (Å²) in [5, 5.41) is 11.9. The van der Waals surface area contributed by atoms with Gasteiger partial charge in [0.05, 0.1) is 13.0 Å². The van der Waals surface area contributed by atoms with E-state index in [1.807, 2.05) is 44.3 Å². The van der Waals surface area contributed by atoms with Crippen LogP contribution in [0.15, 0.2) is 35.7 Å². The monoisotopic (exact) mass is 355 g/mol. The Bertz CT molecular complexity index is 844. The van der Waals surface area contributed by atoms with Gasteiger partial charge in [-0.05, 0) is 19.1 Å². The maximum absolute atomic E-state index is 6.06. The molecule has 1 aliphatic heterocycles. The molecule has 130 valence electrons. The molecule has 3 heterocycles. The van der Waals surface area contributed by atoms with Crippen LogP contribution in [0.4, 0.5) is 5.95 Å². The molecular formula is C18H21N5OS. The molecule has 0 amide bonds. The molecule has 1 fully saturated rings. The number of para-hydroxylation sites is 1. The number of aryl methyl sites for hydroxylation is 1. The third-order valence-electron chi connectivity index (χ3n) is 4.39. The number of hydrogen-bond donors (Lipinski definition) is 0. The Morgan fingerprint density at radius 3 is 2.84 bits per heavy atom. The summed E-state index contributed by atoms with van der Waals surface area (Å²) in [7, 11) is 2.02. The standard InChI is InChI=1S/C18H21N5OS/c1-13-12-25-17(19-13)10-16-20-21-18(22(16)2)23-9-8-15(11-23)24-14-6-4-3-5-7-14/h3-7,12,15H,8-11H2,1-2H3/t15-/m1/s1. The number of rotatable bonds is 5. The highest BCUT2D eigenvalue weighted by Crippen LogP contribution is 2.23. The maximum atomic E-state index is 6.06. The smallest absolute Gasteiger partial charge is 0.227 e. The van der Waals surface area contributed by atoms with Gasteiger partial charge in [0.25, 0.3) is 0 Å². The molecule has 25 heavy (non-hydrogen) atoms. The van der Waals surface area contributed by atoms with Crippen molar-refractivity contribution in [2.45, 2.75) is 25.9 Å². The number of hydrogen-bond acceptors (Lipinski definition) is 6. The van der Waals surface area contributed by atoms with Crippen LogP contribution in [0.25, 0.3) is 0 Å². The van der Waals surface area contributed by atoms with E-state index in [2.05, 4.69) is 30.0 Å². The fraction of sp³-hybridized carbons (Fsp3) is 0.389. The van der Waals surface area contributed by atoms with Crippen LogP contribution in [0, 0.1) is 6.92 Å². The van der Waals surface area contributed by atoms with Crippen LogP contribution in [0.5, 0.6) is 5.75 Å². The molecule has 0 aliphatic carbocycles. The van der Waals surface area contributed by atoms with Gasteiger partial charge in [0, 0.05) is 31.1 Å². The van der Waals surface area contributed by atoms with Crippen LogP contribution in [0.3, 0.4) is 0 Å². The van der Waals surface area contributed by atoms with E-state index in [0.29, 0.717) is 0 Å². The third-order valence-corrected chi connectivity index (χ3v) is 5.36. The predicted molar refractivity (Wildman–Crippen MR) is 98.3 cm³/mol. The lowest BCUT2D eigenvalue weighted by Crippen LogP contribution is -2.26. The zero-order valence-corrected chi connectivity index (χ0v) is 15.2. The van der Waals surface area contributed by atoms with E-state index >= 15 is 0 Å². The van der Waals surface area contributed by atoms with E-state index in [1.54, 1.807) is 11.3 Å². The first-order valence-corrected chi connectivity index (χ1v) is 9.33. The fourth-order valence-corrected chi connectivity index (χ4v) is 3.87. The normalized spacial score (nSPS) is 17.2. The summed E-state index contributed by atoms with van der Waals surface area (Å²) in [6, 6.07) is 9.99. The number of aromatic nitrogens is 4. The fourth-order valence-electron chi connectivity index (χ4n) is 3.10. The van der Waals surface area contributed by atoms with Gasteiger partial charge in [0.1, 0.15) is 22.7 Å². The minimum absolute atomic E-state index is 0.184. The van der Waals surface area contributed by atoms with Crippen molar-refractivity contribution in [2.75, 3.05) is 18.0 Å². The van der Waals surface area contributed by atoms with E-state index in [4.69, 9.17) is 4.74 Å². The van der Waals surface area contributed by atoms with E-state index in [1.165, 1.54) is 0 Å². The predicted octanol–water partition coefficient (Wildman–Crippen LogP) is 2.83. The van der Waals surface area contributed by atoms with Crippen LogP contribution in [-0.2, 0) is 13.5 Å². The quantitative estimate of drug-likeness (QED) is 0.704. The Morgan fingerprint density at radius 2 is 2.08 bits per heavy atom. The van der Waals surface area contributed by atoms with Crippen LogP contribution in [-0.4, -0.2) is 38.9 Å². The molecule has 1 saturated heterocycles. The SMILES string of the molecule is Cc1csc(Cc2nnc(N3CC[C@@H](Oc4ccccc4)C3)n2C)n1. The van der Waals surface area contributed by atoms with Gasteiger partial charge in [-0.15, -0.1) is 21.5 Å². The first kappa shape index (κ1) is 16.1. The second kappa shape index (κ2) is 6.84. The van der Waals surface area contributed by atoms with Gasteiger partial charge in [-0.25, -0.2) is 4.98 Å². The molecule has 3 aromatic rings. The molecule has 0 bridgehead atoms. The molecule has 1 aromatic carbocycles. The van der Waals surface area contributed by atoms with Crippen molar-refractivity contribution in [3.05, 3.63) is 52.2 Å². The number of ether oxygens (including phenoxy) is 1. The topological polar surface area (TPSA) is 56.1 Å². The molecular weight excluding hydrogens is 334 g/mol. The molecule has 0 spiro atoms. The van der Waals surface area contributed by atoms with Gasteiger partial charge in [-0.2, -0.15) is 0 Å². The minimum atomic E-state index is 0.184. The summed E-state index contributed by atoms with van der Waals surface area (Å²) < 4.78 is 8.14. The summed E-state index contributed by atoms with van der Waals surface area (Å²) in [4.78, 5) is 6.76. The second-order valence-corrected chi connectivity index (χ2v) is 7.26. The summed E-state index contributed by atoms with van der Waals surface area (Å²) in [5.74, 6) is 2.77. The highest BCUT2D eigenvalue weighted by atomic mass is 32.1. The Labute approximate surface area is 151 Å². The largest absolute Gasteiger partial charge is 0.489 e. The highest BCUT2D eigenvalue weighted by Gasteiger charge is 2.27. The number of thiazole rings is 1. The van der Waals surface area contributed by atoms with Crippen LogP contribution < -0.4 is 9.64 Å². The Kier molecular flexibility index (Phi) is 4.40. The van der Waals surface area contributed by atoms with Crippen molar-refractivity contribution in [1.29, 1.82) is 0 Å². The molecule has 0 saturated carbocycles. The van der Waals surface area contributed by atoms with E-state index in [9.17, 15) is 0 Å². The first-order chi connectivity index (χ1) is 12.2. The van der Waals surface area contributed by atoms with E-state index in [-0.39, 0.29) is 6.10 Å².